The van der Waals surface area contributed by atoms with Crippen LogP contribution in [0.5, 0.6) is 0 Å². The van der Waals surface area contributed by atoms with E-state index in [1.54, 1.807) is 0 Å². The molecule has 4 rings (SSSR count). The summed E-state index contributed by atoms with van der Waals surface area (Å²) < 4.78 is 5.55. The summed E-state index contributed by atoms with van der Waals surface area (Å²) in [4.78, 5) is 35.1. The molecule has 1 fully saturated rings. The Hall–Kier alpha value is -3.35. The Morgan fingerprint density at radius 2 is 1.65 bits per heavy atom. The summed E-state index contributed by atoms with van der Waals surface area (Å²) in [6, 6.07) is 16.5. The number of ether oxygens (including phenoxy) is 1. The van der Waals surface area contributed by atoms with Crippen molar-refractivity contribution < 1.29 is 24.2 Å². The van der Waals surface area contributed by atoms with Crippen LogP contribution in [0.15, 0.2) is 48.5 Å². The lowest BCUT2D eigenvalue weighted by Gasteiger charge is -2.15. The minimum absolute atomic E-state index is 0.0389. The fourth-order valence-electron chi connectivity index (χ4n) is 4.70. The first kappa shape index (κ1) is 23.8. The highest BCUT2D eigenvalue weighted by atomic mass is 16.5. The summed E-state index contributed by atoms with van der Waals surface area (Å²) in [7, 11) is 0. The molecule has 1 unspecified atom stereocenters. The number of nitrogens with one attached hydrogen (secondary N) is 2. The fourth-order valence-corrected chi connectivity index (χ4v) is 4.70. The molecule has 0 radical (unpaired) electrons. The second-order valence-electron chi connectivity index (χ2n) is 9.43. The van der Waals surface area contributed by atoms with Crippen LogP contribution in [-0.2, 0) is 14.3 Å². The van der Waals surface area contributed by atoms with Gasteiger partial charge >= 0.3 is 12.1 Å². The number of hydrogen-bond donors (Lipinski definition) is 3. The number of carboxylic acids is 1. The van der Waals surface area contributed by atoms with E-state index in [0.29, 0.717) is 39.0 Å². The predicted octanol–water partition coefficient (Wildman–Crippen LogP) is 4.17. The lowest BCUT2D eigenvalue weighted by atomic mass is 9.98. The number of benzene rings is 2. The first-order valence-corrected chi connectivity index (χ1v) is 12.0. The van der Waals surface area contributed by atoms with E-state index >= 15 is 0 Å². The largest absolute Gasteiger partial charge is 0.481 e. The molecule has 0 aromatic heterocycles. The van der Waals surface area contributed by atoms with Crippen LogP contribution in [0.1, 0.15) is 49.7 Å². The average molecular weight is 465 g/mol. The van der Waals surface area contributed by atoms with Gasteiger partial charge in [-0.2, -0.15) is 0 Å². The highest BCUT2D eigenvalue weighted by Gasteiger charge is 2.42. The molecule has 3 N–H and O–H groups in total. The van der Waals surface area contributed by atoms with Gasteiger partial charge in [0.1, 0.15) is 6.61 Å². The van der Waals surface area contributed by atoms with Crippen molar-refractivity contribution >= 4 is 18.0 Å². The van der Waals surface area contributed by atoms with Crippen molar-refractivity contribution in [2.75, 3.05) is 19.7 Å². The molecule has 0 bridgehead atoms. The monoisotopic (exact) mass is 464 g/mol. The van der Waals surface area contributed by atoms with Gasteiger partial charge in [-0.3, -0.25) is 9.59 Å². The Balaban J connectivity index is 1.12. The van der Waals surface area contributed by atoms with Crippen molar-refractivity contribution in [1.82, 2.24) is 10.6 Å². The van der Waals surface area contributed by atoms with Gasteiger partial charge in [-0.15, -0.1) is 0 Å². The van der Waals surface area contributed by atoms with Crippen LogP contribution in [0.3, 0.4) is 0 Å². The molecule has 0 heterocycles. The Kier molecular flexibility index (Phi) is 7.50. The van der Waals surface area contributed by atoms with Gasteiger partial charge in [0.2, 0.25) is 5.91 Å². The minimum atomic E-state index is -0.781. The quantitative estimate of drug-likeness (QED) is 0.463. The third-order valence-electron chi connectivity index (χ3n) is 6.92. The molecular formula is C27H32N2O5. The van der Waals surface area contributed by atoms with Gasteiger partial charge in [0.05, 0.1) is 5.92 Å². The number of hydrogen-bond acceptors (Lipinski definition) is 4. The van der Waals surface area contributed by atoms with E-state index < -0.39 is 12.1 Å². The molecule has 2 aliphatic rings. The molecule has 0 saturated heterocycles. The standard InChI is InChI=1S/C27H32N2O5/c1-17(10-11-25(30)29-15-18-14-23(18)26(31)32)12-13-28-27(33)34-16-24-21-8-4-2-6-19(21)20-7-3-5-9-22(20)24/h2-9,17-18,23-24H,10-16H2,1H3,(H,28,33)(H,29,30)(H,31,32)/t17?,18-,23-/m1/s1. The summed E-state index contributed by atoms with van der Waals surface area (Å²) in [5.41, 5.74) is 4.76. The third kappa shape index (κ3) is 5.76. The average Bonchev–Trinajstić information content (AvgIpc) is 3.56. The summed E-state index contributed by atoms with van der Waals surface area (Å²) in [6.45, 7) is 3.27. The summed E-state index contributed by atoms with van der Waals surface area (Å²) in [5, 5.41) is 14.5. The van der Waals surface area contributed by atoms with E-state index in [0.717, 1.165) is 6.42 Å². The zero-order chi connectivity index (χ0) is 24.1. The van der Waals surface area contributed by atoms with E-state index in [4.69, 9.17) is 9.84 Å². The number of carbonyl (C=O) groups excluding carboxylic acids is 2. The molecule has 2 amide bonds. The Bertz CT molecular complexity index is 1010. The van der Waals surface area contributed by atoms with Crippen LogP contribution in [0.4, 0.5) is 4.79 Å². The van der Waals surface area contributed by atoms with Crippen molar-refractivity contribution in [3.8, 4) is 11.1 Å². The number of alkyl carbamates (subject to hydrolysis) is 1. The van der Waals surface area contributed by atoms with E-state index in [9.17, 15) is 14.4 Å². The first-order chi connectivity index (χ1) is 16.4. The number of carboxylic acid groups (broad SMARTS) is 1. The maximum atomic E-state index is 12.3. The number of rotatable bonds is 11. The van der Waals surface area contributed by atoms with Crippen molar-refractivity contribution in [3.63, 3.8) is 0 Å². The molecular weight excluding hydrogens is 432 g/mol. The van der Waals surface area contributed by atoms with E-state index in [2.05, 4.69) is 34.9 Å². The Morgan fingerprint density at radius 1 is 1.00 bits per heavy atom. The highest BCUT2D eigenvalue weighted by molar-refractivity contribution is 5.79. The van der Waals surface area contributed by atoms with Crippen LogP contribution >= 0.6 is 0 Å². The number of fused-ring (bicyclic) bond motifs is 3. The number of aliphatic carboxylic acids is 1. The van der Waals surface area contributed by atoms with Gasteiger partial charge in [0.25, 0.3) is 0 Å². The minimum Gasteiger partial charge on any atom is -0.481 e. The highest BCUT2D eigenvalue weighted by Crippen LogP contribution is 2.44. The summed E-state index contributed by atoms with van der Waals surface area (Å²) in [6.07, 6.45) is 2.08. The Morgan fingerprint density at radius 3 is 2.26 bits per heavy atom. The van der Waals surface area contributed by atoms with E-state index in [1.165, 1.54) is 22.3 Å². The Labute approximate surface area is 199 Å². The topological polar surface area (TPSA) is 105 Å². The predicted molar refractivity (Wildman–Crippen MR) is 128 cm³/mol. The molecule has 0 aliphatic heterocycles. The molecule has 2 aromatic carbocycles. The molecule has 2 aromatic rings. The molecule has 7 nitrogen and oxygen atoms in total. The second kappa shape index (κ2) is 10.7. The van der Waals surface area contributed by atoms with Crippen molar-refractivity contribution in [3.05, 3.63) is 59.7 Å². The second-order valence-corrected chi connectivity index (χ2v) is 9.43. The van der Waals surface area contributed by atoms with Crippen LogP contribution < -0.4 is 10.6 Å². The zero-order valence-electron chi connectivity index (χ0n) is 19.5. The maximum absolute atomic E-state index is 12.3. The lowest BCUT2D eigenvalue weighted by molar-refractivity contribution is -0.139. The molecule has 1 saturated carbocycles. The van der Waals surface area contributed by atoms with Crippen LogP contribution in [0, 0.1) is 17.8 Å². The summed E-state index contributed by atoms with van der Waals surface area (Å²) >= 11 is 0. The first-order valence-electron chi connectivity index (χ1n) is 12.0. The smallest absolute Gasteiger partial charge is 0.407 e. The van der Waals surface area contributed by atoms with Crippen LogP contribution in [0.2, 0.25) is 0 Å². The molecule has 7 heteroatoms. The van der Waals surface area contributed by atoms with Crippen LogP contribution in [-0.4, -0.2) is 42.8 Å². The number of carbonyl (C=O) groups is 3. The van der Waals surface area contributed by atoms with Gasteiger partial charge in [-0.1, -0.05) is 55.5 Å². The molecule has 2 aliphatic carbocycles. The third-order valence-corrected chi connectivity index (χ3v) is 6.92. The van der Waals surface area contributed by atoms with E-state index in [1.807, 2.05) is 31.2 Å². The van der Waals surface area contributed by atoms with Gasteiger partial charge < -0.3 is 20.5 Å². The van der Waals surface area contributed by atoms with Gasteiger partial charge in [0, 0.05) is 25.4 Å². The van der Waals surface area contributed by atoms with Crippen molar-refractivity contribution in [2.45, 2.75) is 38.5 Å². The molecule has 3 atom stereocenters. The molecule has 34 heavy (non-hydrogen) atoms. The maximum Gasteiger partial charge on any atom is 0.407 e. The van der Waals surface area contributed by atoms with Crippen LogP contribution in [0.25, 0.3) is 11.1 Å². The van der Waals surface area contributed by atoms with Gasteiger partial charge in [0.15, 0.2) is 0 Å². The van der Waals surface area contributed by atoms with Gasteiger partial charge in [-0.25, -0.2) is 4.79 Å². The molecule has 180 valence electrons. The van der Waals surface area contributed by atoms with E-state index in [-0.39, 0.29) is 29.6 Å². The SMILES string of the molecule is CC(CCNC(=O)OCC1c2ccccc2-c2ccccc21)CCC(=O)NC[C@H]1C[C@H]1C(=O)O. The lowest BCUT2D eigenvalue weighted by Crippen LogP contribution is -2.28. The zero-order valence-corrected chi connectivity index (χ0v) is 19.5. The fraction of sp³-hybridized carbons (Fsp3) is 0.444. The number of amides is 2. The summed E-state index contributed by atoms with van der Waals surface area (Å²) in [5.74, 6) is -0.753. The van der Waals surface area contributed by atoms with Crippen molar-refractivity contribution in [1.29, 1.82) is 0 Å². The molecule has 0 spiro atoms. The van der Waals surface area contributed by atoms with Crippen molar-refractivity contribution in [2.24, 2.45) is 17.8 Å². The normalized spacial score (nSPS) is 19.0. The van der Waals surface area contributed by atoms with Gasteiger partial charge in [-0.05, 0) is 53.4 Å².